The second kappa shape index (κ2) is 14.1. The van der Waals surface area contributed by atoms with Gasteiger partial charge in [0.25, 0.3) is 0 Å². The second-order valence-corrected chi connectivity index (χ2v) is 13.5. The quantitative estimate of drug-likeness (QED) is 0.388. The van der Waals surface area contributed by atoms with E-state index in [0.29, 0.717) is 23.5 Å². The van der Waals surface area contributed by atoms with E-state index in [4.69, 9.17) is 17.3 Å². The van der Waals surface area contributed by atoms with Crippen molar-refractivity contribution in [3.63, 3.8) is 0 Å². The van der Waals surface area contributed by atoms with E-state index in [1.165, 1.54) is 19.3 Å². The Balaban J connectivity index is 1.33. The van der Waals surface area contributed by atoms with Crippen LogP contribution >= 0.6 is 11.6 Å². The highest BCUT2D eigenvalue weighted by atomic mass is 35.5. The minimum Gasteiger partial charge on any atom is -0.335 e. The van der Waals surface area contributed by atoms with Crippen LogP contribution in [0, 0.1) is 0 Å². The minimum absolute atomic E-state index is 0.205. The standard InChI is InChI=1S/C33H52ClN5O2/c1-3-37(4-2)33(41)39(27-8-6-5-7-9-27)30-21-28-18-19-29(22-30)38(28)32(40)31(20-23-10-12-24(34)13-11-23)36-26-16-14-25(35)15-17-26/h10-13,25-31,36H,3-9,14-22,35H2,1-2H3/t25?,26?,28?,29?,30?,31-/m1/s1. The average molecular weight is 586 g/mol. The number of urea groups is 1. The zero-order valence-electron chi connectivity index (χ0n) is 25.3. The van der Waals surface area contributed by atoms with E-state index >= 15 is 0 Å². The van der Waals surface area contributed by atoms with Gasteiger partial charge in [-0.25, -0.2) is 4.79 Å². The Morgan fingerprint density at radius 3 is 2.10 bits per heavy atom. The van der Waals surface area contributed by atoms with Gasteiger partial charge in [0.05, 0.1) is 6.04 Å². The van der Waals surface area contributed by atoms with Crippen LogP contribution in [0.1, 0.15) is 103 Å². The van der Waals surface area contributed by atoms with Crippen molar-refractivity contribution in [2.24, 2.45) is 5.73 Å². The first kappa shape index (κ1) is 30.6. The molecule has 0 spiro atoms. The van der Waals surface area contributed by atoms with Crippen molar-refractivity contribution in [2.45, 2.75) is 146 Å². The smallest absolute Gasteiger partial charge is 0.320 e. The molecule has 228 valence electrons. The summed E-state index contributed by atoms with van der Waals surface area (Å²) in [5, 5.41) is 4.50. The highest BCUT2D eigenvalue weighted by Crippen LogP contribution is 2.40. The summed E-state index contributed by atoms with van der Waals surface area (Å²) >= 11 is 6.17. The Morgan fingerprint density at radius 2 is 1.51 bits per heavy atom. The minimum atomic E-state index is -0.262. The zero-order chi connectivity index (χ0) is 28.9. The Hall–Kier alpha value is -1.83. The first-order valence-electron chi connectivity index (χ1n) is 16.5. The SMILES string of the molecule is CCN(CC)C(=O)N(C1CCCCC1)C1CC2CCC(C1)N2C(=O)[C@@H](Cc1ccc(Cl)cc1)NC1CCC(N)CC1. The van der Waals surface area contributed by atoms with Gasteiger partial charge < -0.3 is 25.8 Å². The number of carbonyl (C=O) groups excluding carboxylic acids is 2. The van der Waals surface area contributed by atoms with Gasteiger partial charge in [0.15, 0.2) is 0 Å². The van der Waals surface area contributed by atoms with Crippen LogP contribution in [0.25, 0.3) is 0 Å². The predicted octanol–water partition coefficient (Wildman–Crippen LogP) is 5.73. The molecule has 3 N–H and O–H groups in total. The highest BCUT2D eigenvalue weighted by molar-refractivity contribution is 6.30. The molecule has 41 heavy (non-hydrogen) atoms. The molecule has 4 aliphatic rings. The van der Waals surface area contributed by atoms with E-state index in [-0.39, 0.29) is 42.1 Å². The molecule has 1 aromatic carbocycles. The Labute approximate surface area is 252 Å². The first-order valence-corrected chi connectivity index (χ1v) is 16.9. The summed E-state index contributed by atoms with van der Waals surface area (Å²) in [4.78, 5) is 34.8. The van der Waals surface area contributed by atoms with E-state index in [9.17, 15) is 9.59 Å². The molecule has 3 amide bonds. The molecule has 2 saturated carbocycles. The normalized spacial score (nSPS) is 29.3. The molecule has 7 nitrogen and oxygen atoms in total. The summed E-state index contributed by atoms with van der Waals surface area (Å²) in [5.41, 5.74) is 7.32. The number of amides is 3. The van der Waals surface area contributed by atoms with Crippen LogP contribution in [0.2, 0.25) is 5.02 Å². The van der Waals surface area contributed by atoms with Crippen LogP contribution in [0.5, 0.6) is 0 Å². The van der Waals surface area contributed by atoms with Crippen molar-refractivity contribution in [1.29, 1.82) is 0 Å². The summed E-state index contributed by atoms with van der Waals surface area (Å²) in [5.74, 6) is 0.236. The van der Waals surface area contributed by atoms with Crippen LogP contribution in [0.3, 0.4) is 0 Å². The maximum Gasteiger partial charge on any atom is 0.320 e. The zero-order valence-corrected chi connectivity index (χ0v) is 26.0. The molecule has 8 heteroatoms. The van der Waals surface area contributed by atoms with Gasteiger partial charge in [-0.05, 0) is 102 Å². The Morgan fingerprint density at radius 1 is 0.902 bits per heavy atom. The topological polar surface area (TPSA) is 81.9 Å². The number of fused-ring (bicyclic) bond motifs is 2. The maximum atomic E-state index is 14.4. The summed E-state index contributed by atoms with van der Waals surface area (Å²) < 4.78 is 0. The van der Waals surface area contributed by atoms with Crippen molar-refractivity contribution in [1.82, 2.24) is 20.0 Å². The molecular weight excluding hydrogens is 534 g/mol. The molecule has 2 bridgehead atoms. The van der Waals surface area contributed by atoms with Gasteiger partial charge in [-0.2, -0.15) is 0 Å². The molecule has 0 radical (unpaired) electrons. The number of nitrogens with two attached hydrogens (primary N) is 1. The number of piperidine rings is 1. The van der Waals surface area contributed by atoms with Crippen LogP contribution < -0.4 is 11.1 Å². The van der Waals surface area contributed by atoms with Crippen molar-refractivity contribution in [3.05, 3.63) is 34.9 Å². The number of hydrogen-bond acceptors (Lipinski definition) is 4. The van der Waals surface area contributed by atoms with Gasteiger partial charge >= 0.3 is 6.03 Å². The summed E-state index contributed by atoms with van der Waals surface area (Å²) in [7, 11) is 0. The number of rotatable bonds is 9. The molecule has 5 rings (SSSR count). The van der Waals surface area contributed by atoms with Gasteiger partial charge in [-0.15, -0.1) is 0 Å². The first-order chi connectivity index (χ1) is 19.9. The van der Waals surface area contributed by atoms with Crippen molar-refractivity contribution < 1.29 is 9.59 Å². The molecule has 2 heterocycles. The van der Waals surface area contributed by atoms with E-state index in [1.807, 2.05) is 29.2 Å². The fraction of sp³-hybridized carbons (Fsp3) is 0.758. The third-order valence-electron chi connectivity index (χ3n) is 10.4. The van der Waals surface area contributed by atoms with Crippen LogP contribution in [0.15, 0.2) is 24.3 Å². The third kappa shape index (κ3) is 7.22. The summed E-state index contributed by atoms with van der Waals surface area (Å²) in [6.07, 6.45) is 14.5. The highest BCUT2D eigenvalue weighted by Gasteiger charge is 2.48. The number of nitrogens with one attached hydrogen (secondary N) is 1. The monoisotopic (exact) mass is 585 g/mol. The molecular formula is C33H52ClN5O2. The number of nitrogens with zero attached hydrogens (tertiary/aromatic N) is 3. The van der Waals surface area contributed by atoms with E-state index in [1.54, 1.807) is 0 Å². The fourth-order valence-electron chi connectivity index (χ4n) is 8.19. The predicted molar refractivity (Wildman–Crippen MR) is 166 cm³/mol. The largest absolute Gasteiger partial charge is 0.335 e. The lowest BCUT2D eigenvalue weighted by Crippen LogP contribution is -2.61. The Kier molecular flexibility index (Phi) is 10.5. The molecule has 4 fully saturated rings. The van der Waals surface area contributed by atoms with Gasteiger partial charge in [0.1, 0.15) is 0 Å². The van der Waals surface area contributed by atoms with Crippen molar-refractivity contribution >= 4 is 23.5 Å². The summed E-state index contributed by atoms with van der Waals surface area (Å²) in [6.45, 7) is 5.65. The number of benzene rings is 1. The van der Waals surface area contributed by atoms with Gasteiger partial charge in [0, 0.05) is 54.4 Å². The number of hydrogen-bond donors (Lipinski definition) is 2. The van der Waals surface area contributed by atoms with Gasteiger partial charge in [-0.1, -0.05) is 43.0 Å². The second-order valence-electron chi connectivity index (χ2n) is 13.1. The molecule has 1 aromatic rings. The molecule has 2 aliphatic heterocycles. The lowest BCUT2D eigenvalue weighted by molar-refractivity contribution is -0.139. The third-order valence-corrected chi connectivity index (χ3v) is 10.7. The Bertz CT molecular complexity index is 989. The molecule has 0 aromatic heterocycles. The van der Waals surface area contributed by atoms with Crippen LogP contribution in [0.4, 0.5) is 4.79 Å². The maximum absolute atomic E-state index is 14.4. The van der Waals surface area contributed by atoms with Crippen LogP contribution in [-0.2, 0) is 11.2 Å². The number of halogens is 1. The van der Waals surface area contributed by atoms with Crippen LogP contribution in [-0.4, -0.2) is 82.0 Å². The number of carbonyl (C=O) groups is 2. The molecule has 2 saturated heterocycles. The fourth-order valence-corrected chi connectivity index (χ4v) is 8.31. The van der Waals surface area contributed by atoms with E-state index in [0.717, 1.165) is 82.9 Å². The van der Waals surface area contributed by atoms with E-state index < -0.39 is 0 Å². The molecule has 3 atom stereocenters. The molecule has 2 aliphatic carbocycles. The van der Waals surface area contributed by atoms with Gasteiger partial charge in [-0.3, -0.25) is 4.79 Å². The average Bonchev–Trinajstić information content (AvgIpc) is 3.25. The van der Waals surface area contributed by atoms with E-state index in [2.05, 4.69) is 29.0 Å². The lowest BCUT2D eigenvalue weighted by atomic mass is 9.88. The van der Waals surface area contributed by atoms with Gasteiger partial charge in [0.2, 0.25) is 5.91 Å². The lowest BCUT2D eigenvalue weighted by Gasteiger charge is -2.48. The summed E-state index contributed by atoms with van der Waals surface area (Å²) in [6, 6.07) is 9.43. The van der Waals surface area contributed by atoms with Crippen molar-refractivity contribution in [3.8, 4) is 0 Å². The molecule has 2 unspecified atom stereocenters. The van der Waals surface area contributed by atoms with Crippen molar-refractivity contribution in [2.75, 3.05) is 13.1 Å².